The molecule has 0 spiro atoms. The summed E-state index contributed by atoms with van der Waals surface area (Å²) in [6.45, 7) is 21.0. The molecular weight excluding hydrogens is 276 g/mol. The normalized spacial score (nSPS) is 10.5. The fourth-order valence-electron chi connectivity index (χ4n) is 0.893. The minimum absolute atomic E-state index is 0. The van der Waals surface area contributed by atoms with Crippen LogP contribution in [0.2, 0.25) is 0 Å². The van der Waals surface area contributed by atoms with Crippen LogP contribution < -0.4 is 0 Å². The van der Waals surface area contributed by atoms with Crippen LogP contribution in [0, 0.1) is 20.0 Å². The summed E-state index contributed by atoms with van der Waals surface area (Å²) in [6, 6.07) is 0. The molecule has 0 aromatic carbocycles. The van der Waals surface area contributed by atoms with Gasteiger partial charge in [-0.25, -0.2) is 0 Å². The topological polar surface area (TPSA) is 79.9 Å². The number of rotatable bonds is 5. The van der Waals surface area contributed by atoms with Gasteiger partial charge in [-0.15, -0.1) is 0 Å². The molecule has 0 rings (SSSR count). The molecule has 0 radical (unpaired) electrons. The maximum atomic E-state index is 9.64. The summed E-state index contributed by atoms with van der Waals surface area (Å²) in [5, 5.41) is 9.64. The summed E-state index contributed by atoms with van der Waals surface area (Å²) in [6.07, 6.45) is 8.27. The van der Waals surface area contributed by atoms with Gasteiger partial charge in [-0.1, -0.05) is 44.6 Å². The minimum Gasteiger partial charge on any atom is 0 e. The molecule has 1 N–H and O–H groups in total. The molecule has 102 valence electrons. The van der Waals surface area contributed by atoms with E-state index in [0.717, 1.165) is 19.3 Å². The molecule has 5 heteroatoms. The Morgan fingerprint density at radius 2 is 1.56 bits per heavy atom. The van der Waals surface area contributed by atoms with Crippen LogP contribution in [0.4, 0.5) is 0 Å². The molecule has 0 aromatic heterocycles. The van der Waals surface area contributed by atoms with E-state index in [0.29, 0.717) is 0 Å². The third kappa shape index (κ3) is 36.2. The third-order valence-corrected chi connectivity index (χ3v) is 1.63. The van der Waals surface area contributed by atoms with Crippen molar-refractivity contribution in [1.29, 1.82) is 0 Å². The van der Waals surface area contributed by atoms with Crippen LogP contribution >= 0.6 is 0 Å². The van der Waals surface area contributed by atoms with Gasteiger partial charge in [-0.2, -0.15) is 0 Å². The van der Waals surface area contributed by atoms with Crippen molar-refractivity contribution >= 4 is 0 Å². The van der Waals surface area contributed by atoms with Gasteiger partial charge in [0.25, 0.3) is 0 Å². The number of hydrogen-bond acceptors (Lipinski definition) is 1. The molecule has 18 heavy (non-hydrogen) atoms. The first-order valence-electron chi connectivity index (χ1n) is 4.76. The summed E-state index contributed by atoms with van der Waals surface area (Å²) in [4.78, 5) is 0. The monoisotopic (exact) mass is 294 g/mol. The van der Waals surface area contributed by atoms with E-state index in [-0.39, 0.29) is 17.1 Å². The van der Waals surface area contributed by atoms with Crippen LogP contribution in [0.25, 0.3) is 0 Å². The molecule has 4 nitrogen and oxygen atoms in total. The van der Waals surface area contributed by atoms with E-state index in [1.54, 1.807) is 18.2 Å². The van der Waals surface area contributed by atoms with Crippen LogP contribution in [0.1, 0.15) is 33.1 Å². The van der Waals surface area contributed by atoms with Crippen molar-refractivity contribution in [2.24, 2.45) is 0 Å². The van der Waals surface area contributed by atoms with E-state index in [2.05, 4.69) is 33.5 Å². The van der Waals surface area contributed by atoms with Crippen LogP contribution in [-0.4, -0.2) is 10.7 Å². The number of hydrogen-bond donors (Lipinski definition) is 1. The van der Waals surface area contributed by atoms with Gasteiger partial charge < -0.3 is 5.11 Å². The van der Waals surface area contributed by atoms with Crippen molar-refractivity contribution < 1.29 is 36.1 Å². The first kappa shape index (κ1) is 30.3. The van der Waals surface area contributed by atoms with Gasteiger partial charge >= 0.3 is 33.9 Å². The molecule has 0 bridgehead atoms. The Morgan fingerprint density at radius 1 is 1.17 bits per heavy atom. The molecule has 1 unspecified atom stereocenters. The number of allylic oxidation sites excluding steroid dienone is 2. The fourth-order valence-corrected chi connectivity index (χ4v) is 0.893. The number of aliphatic hydroxyl groups is 1. The van der Waals surface area contributed by atoms with Crippen molar-refractivity contribution in [2.45, 2.75) is 38.7 Å². The third-order valence-electron chi connectivity index (χ3n) is 1.63. The van der Waals surface area contributed by atoms with Gasteiger partial charge in [0.05, 0.1) is 5.60 Å². The summed E-state index contributed by atoms with van der Waals surface area (Å²) in [5.41, 5.74) is -0.649. The smallest absolute Gasteiger partial charge is 0 e. The molecule has 0 fully saturated rings. The van der Waals surface area contributed by atoms with Crippen LogP contribution in [-0.2, 0) is 31.0 Å². The van der Waals surface area contributed by atoms with Gasteiger partial charge in [-0.3, -0.25) is 0 Å². The average Bonchev–Trinajstić information content (AvgIpc) is 2.41. The Balaban J connectivity index is -0.0000000700. The summed E-state index contributed by atoms with van der Waals surface area (Å²) in [5.74, 6) is 0. The van der Waals surface area contributed by atoms with Gasteiger partial charge in [-0.05, 0) is 13.3 Å². The molecule has 0 saturated carbocycles. The molecule has 0 amide bonds. The maximum Gasteiger partial charge on any atom is 0 e. The zero-order valence-corrected chi connectivity index (χ0v) is 11.7. The van der Waals surface area contributed by atoms with Crippen molar-refractivity contribution in [3.05, 3.63) is 44.8 Å². The standard InChI is InChI=1S/C10H18O.3CO.Fe/c1-4-6-8-10(3,11)9-7-5-2;3*1-2;/h4,6,8,11H,1,5,7,9H2,2-3H3;;;;/b8-6-;;;;. The van der Waals surface area contributed by atoms with Crippen molar-refractivity contribution in [3.8, 4) is 0 Å². The second kappa shape index (κ2) is 29.8. The van der Waals surface area contributed by atoms with E-state index < -0.39 is 5.60 Å². The SMILES string of the molecule is C=C/C=C\C(C)(O)CCCC.[C-]#[O+].[C-]#[O+].[C-]#[O+].[Fe]. The molecule has 0 saturated heterocycles. The van der Waals surface area contributed by atoms with E-state index in [1.807, 2.05) is 6.92 Å². The predicted octanol–water partition coefficient (Wildman–Crippen LogP) is 2.55. The Kier molecular flexibility index (Phi) is 50.2. The Bertz CT molecular complexity index is 225. The van der Waals surface area contributed by atoms with Gasteiger partial charge in [0.2, 0.25) is 0 Å². The molecule has 1 atom stereocenters. The Hall–Kier alpha value is -0.821. The molecular formula is C13H18FeO4. The predicted molar refractivity (Wildman–Crippen MR) is 61.3 cm³/mol. The summed E-state index contributed by atoms with van der Waals surface area (Å²) >= 11 is 0. The first-order chi connectivity index (χ1) is 8.12. The fraction of sp³-hybridized carbons (Fsp3) is 0.462. The molecule has 0 aliphatic carbocycles. The maximum absolute atomic E-state index is 9.64. The quantitative estimate of drug-likeness (QED) is 0.359. The second-order valence-electron chi connectivity index (χ2n) is 3.06. The van der Waals surface area contributed by atoms with E-state index in [1.165, 1.54) is 0 Å². The zero-order valence-electron chi connectivity index (χ0n) is 10.6. The summed E-state index contributed by atoms with van der Waals surface area (Å²) < 4.78 is 22.5. The van der Waals surface area contributed by atoms with Crippen molar-refractivity contribution in [2.75, 3.05) is 0 Å². The van der Waals surface area contributed by atoms with Crippen molar-refractivity contribution in [3.63, 3.8) is 0 Å². The first-order valence-corrected chi connectivity index (χ1v) is 4.76. The largest absolute Gasteiger partial charge is 0 e. The zero-order chi connectivity index (χ0) is 14.7. The van der Waals surface area contributed by atoms with E-state index >= 15 is 0 Å². The van der Waals surface area contributed by atoms with Gasteiger partial charge in [0.15, 0.2) is 0 Å². The number of unbranched alkanes of at least 4 members (excludes halogenated alkanes) is 1. The molecule has 0 aliphatic rings. The average molecular weight is 294 g/mol. The van der Waals surface area contributed by atoms with Crippen molar-refractivity contribution in [1.82, 2.24) is 0 Å². The molecule has 0 heterocycles. The van der Waals surface area contributed by atoms with Crippen LogP contribution in [0.5, 0.6) is 0 Å². The van der Waals surface area contributed by atoms with E-state index in [4.69, 9.17) is 14.0 Å². The minimum atomic E-state index is -0.649. The molecule has 0 aromatic rings. The van der Waals surface area contributed by atoms with Crippen LogP contribution in [0.3, 0.4) is 0 Å². The van der Waals surface area contributed by atoms with Gasteiger partial charge in [0.1, 0.15) is 0 Å². The Labute approximate surface area is 120 Å². The second-order valence-corrected chi connectivity index (χ2v) is 3.06. The Morgan fingerprint density at radius 3 is 1.83 bits per heavy atom. The molecule has 0 aliphatic heterocycles. The summed E-state index contributed by atoms with van der Waals surface area (Å²) in [7, 11) is 0. The van der Waals surface area contributed by atoms with Crippen LogP contribution in [0.15, 0.2) is 24.8 Å². The van der Waals surface area contributed by atoms with Gasteiger partial charge in [0, 0.05) is 17.1 Å². The van der Waals surface area contributed by atoms with E-state index in [9.17, 15) is 5.11 Å².